The first kappa shape index (κ1) is 25.8. The van der Waals surface area contributed by atoms with Gasteiger partial charge in [-0.05, 0) is 35.7 Å². The maximum absolute atomic E-state index is 13.4. The van der Waals surface area contributed by atoms with E-state index in [0.29, 0.717) is 35.8 Å². The lowest BCUT2D eigenvalue weighted by atomic mass is 9.94. The third-order valence-corrected chi connectivity index (χ3v) is 6.60. The Bertz CT molecular complexity index is 1480. The van der Waals surface area contributed by atoms with Crippen molar-refractivity contribution in [2.24, 2.45) is 0 Å². The molecule has 1 atom stereocenters. The van der Waals surface area contributed by atoms with Crippen molar-refractivity contribution in [1.82, 2.24) is 4.90 Å². The first-order chi connectivity index (χ1) is 19.1. The summed E-state index contributed by atoms with van der Waals surface area (Å²) in [5.74, 6) is -0.552. The quantitative estimate of drug-likeness (QED) is 0.160. The van der Waals surface area contributed by atoms with Gasteiger partial charge in [-0.3, -0.25) is 9.59 Å². The van der Waals surface area contributed by atoms with E-state index in [0.717, 1.165) is 11.1 Å². The van der Waals surface area contributed by atoms with Crippen molar-refractivity contribution in [2.75, 3.05) is 6.61 Å². The number of aliphatic hydroxyl groups excluding tert-OH is 1. The normalized spacial score (nSPS) is 16.3. The molecule has 1 amide bonds. The fourth-order valence-corrected chi connectivity index (χ4v) is 4.74. The summed E-state index contributed by atoms with van der Waals surface area (Å²) in [5.41, 5.74) is 3.04. The zero-order valence-electron chi connectivity index (χ0n) is 21.6. The number of rotatable bonds is 9. The molecule has 39 heavy (non-hydrogen) atoms. The van der Waals surface area contributed by atoms with Crippen LogP contribution >= 0.6 is 0 Å². The molecule has 1 N–H and O–H groups in total. The van der Waals surface area contributed by atoms with Crippen molar-refractivity contribution in [3.05, 3.63) is 137 Å². The number of benzene rings is 4. The van der Waals surface area contributed by atoms with Gasteiger partial charge in [0.05, 0.1) is 18.2 Å². The Morgan fingerprint density at radius 2 is 1.38 bits per heavy atom. The monoisotopic (exact) mass is 519 g/mol. The summed E-state index contributed by atoms with van der Waals surface area (Å²) in [5, 5.41) is 11.3. The molecule has 4 aromatic carbocycles. The van der Waals surface area contributed by atoms with E-state index in [9.17, 15) is 14.7 Å². The first-order valence-corrected chi connectivity index (χ1v) is 12.9. The summed E-state index contributed by atoms with van der Waals surface area (Å²) in [7, 11) is 0. The van der Waals surface area contributed by atoms with E-state index in [1.165, 1.54) is 4.90 Å². The van der Waals surface area contributed by atoms with Crippen LogP contribution in [0, 0.1) is 0 Å². The van der Waals surface area contributed by atoms with Gasteiger partial charge >= 0.3 is 0 Å². The molecule has 1 saturated heterocycles. The van der Waals surface area contributed by atoms with Crippen LogP contribution in [0.3, 0.4) is 0 Å². The number of ketones is 1. The van der Waals surface area contributed by atoms with Gasteiger partial charge in [0.2, 0.25) is 0 Å². The average Bonchev–Trinajstić information content (AvgIpc) is 3.22. The minimum Gasteiger partial charge on any atom is -0.507 e. The van der Waals surface area contributed by atoms with Crippen LogP contribution in [0.15, 0.2) is 115 Å². The summed E-state index contributed by atoms with van der Waals surface area (Å²) < 4.78 is 12.0. The molecular formula is C33H29NO5. The van der Waals surface area contributed by atoms with E-state index in [4.69, 9.17) is 9.47 Å². The van der Waals surface area contributed by atoms with Crippen molar-refractivity contribution in [3.63, 3.8) is 0 Å². The molecule has 0 spiro atoms. The van der Waals surface area contributed by atoms with Crippen LogP contribution < -0.4 is 9.47 Å². The van der Waals surface area contributed by atoms with Gasteiger partial charge in [-0.25, -0.2) is 0 Å². The number of amides is 1. The predicted molar refractivity (Wildman–Crippen MR) is 149 cm³/mol. The number of likely N-dealkylation sites (tertiary alicyclic amines) is 1. The predicted octanol–water partition coefficient (Wildman–Crippen LogP) is 6.29. The van der Waals surface area contributed by atoms with Gasteiger partial charge in [0.25, 0.3) is 11.7 Å². The molecule has 0 radical (unpaired) electrons. The molecule has 1 unspecified atom stereocenters. The molecule has 1 fully saturated rings. The lowest BCUT2D eigenvalue weighted by Gasteiger charge is -2.26. The highest BCUT2D eigenvalue weighted by Gasteiger charge is 2.46. The number of nitrogens with zero attached hydrogens (tertiary/aromatic N) is 1. The van der Waals surface area contributed by atoms with Crippen molar-refractivity contribution in [1.29, 1.82) is 0 Å². The van der Waals surface area contributed by atoms with E-state index in [2.05, 4.69) is 0 Å². The zero-order valence-corrected chi connectivity index (χ0v) is 21.6. The minimum atomic E-state index is -0.812. The molecule has 0 bridgehead atoms. The molecule has 0 aliphatic carbocycles. The molecule has 196 valence electrons. The smallest absolute Gasteiger partial charge is 0.295 e. The molecule has 1 heterocycles. The van der Waals surface area contributed by atoms with Gasteiger partial charge in [0.1, 0.15) is 12.4 Å². The summed E-state index contributed by atoms with van der Waals surface area (Å²) >= 11 is 0. The Morgan fingerprint density at radius 3 is 2.03 bits per heavy atom. The van der Waals surface area contributed by atoms with Crippen LogP contribution in [-0.2, 0) is 22.7 Å². The molecular weight excluding hydrogens is 490 g/mol. The van der Waals surface area contributed by atoms with Gasteiger partial charge in [-0.15, -0.1) is 0 Å². The maximum Gasteiger partial charge on any atom is 0.295 e. The van der Waals surface area contributed by atoms with Gasteiger partial charge in [-0.1, -0.05) is 97.1 Å². The largest absolute Gasteiger partial charge is 0.507 e. The summed E-state index contributed by atoms with van der Waals surface area (Å²) in [4.78, 5) is 28.2. The van der Waals surface area contributed by atoms with Gasteiger partial charge < -0.3 is 19.5 Å². The van der Waals surface area contributed by atoms with Crippen LogP contribution in [-0.4, -0.2) is 28.3 Å². The molecule has 4 aromatic rings. The fourth-order valence-electron chi connectivity index (χ4n) is 4.74. The summed E-state index contributed by atoms with van der Waals surface area (Å²) in [6.07, 6.45) is 0. The van der Waals surface area contributed by atoms with Crippen molar-refractivity contribution < 1.29 is 24.2 Å². The lowest BCUT2D eigenvalue weighted by molar-refractivity contribution is -0.140. The molecule has 6 nitrogen and oxygen atoms in total. The highest BCUT2D eigenvalue weighted by atomic mass is 16.5. The number of carbonyl (C=O) groups excluding carboxylic acids is 2. The van der Waals surface area contributed by atoms with Gasteiger partial charge in [0, 0.05) is 12.1 Å². The van der Waals surface area contributed by atoms with Crippen LogP contribution in [0.25, 0.3) is 5.76 Å². The first-order valence-electron chi connectivity index (χ1n) is 12.9. The van der Waals surface area contributed by atoms with Crippen molar-refractivity contribution in [3.8, 4) is 11.5 Å². The maximum atomic E-state index is 13.4. The highest BCUT2D eigenvalue weighted by Crippen LogP contribution is 2.42. The second-order valence-electron chi connectivity index (χ2n) is 9.19. The van der Waals surface area contributed by atoms with Crippen molar-refractivity contribution in [2.45, 2.75) is 26.1 Å². The molecule has 5 rings (SSSR count). The Hall–Kier alpha value is -4.84. The van der Waals surface area contributed by atoms with E-state index >= 15 is 0 Å². The van der Waals surface area contributed by atoms with Crippen LogP contribution in [0.1, 0.15) is 35.2 Å². The summed E-state index contributed by atoms with van der Waals surface area (Å²) in [6, 6.07) is 32.7. The number of Topliss-reactive ketones (excluding diaryl/α,β-unsaturated/α-hetero) is 1. The van der Waals surface area contributed by atoms with Gasteiger partial charge in [-0.2, -0.15) is 0 Å². The highest BCUT2D eigenvalue weighted by molar-refractivity contribution is 6.46. The van der Waals surface area contributed by atoms with Crippen LogP contribution in [0.4, 0.5) is 0 Å². The molecule has 0 aromatic heterocycles. The number of hydrogen-bond acceptors (Lipinski definition) is 5. The summed E-state index contributed by atoms with van der Waals surface area (Å²) in [6.45, 7) is 2.85. The molecule has 1 aliphatic rings. The van der Waals surface area contributed by atoms with E-state index in [1.807, 2.05) is 79.7 Å². The number of ether oxygens (including phenoxy) is 2. The molecule has 1 aliphatic heterocycles. The van der Waals surface area contributed by atoms with E-state index in [-0.39, 0.29) is 17.9 Å². The Morgan fingerprint density at radius 1 is 0.769 bits per heavy atom. The zero-order chi connectivity index (χ0) is 27.2. The molecule has 0 saturated carbocycles. The number of aliphatic hydroxyl groups is 1. The van der Waals surface area contributed by atoms with E-state index in [1.54, 1.807) is 36.4 Å². The lowest BCUT2D eigenvalue weighted by Crippen LogP contribution is -2.29. The third kappa shape index (κ3) is 5.55. The van der Waals surface area contributed by atoms with E-state index < -0.39 is 17.7 Å². The SMILES string of the molecule is CCOc1cc(C2C(=C(O)c3ccccc3)C(=O)C(=O)N2Cc2ccccc2)ccc1OCc1ccccc1. The average molecular weight is 520 g/mol. The third-order valence-electron chi connectivity index (χ3n) is 6.60. The van der Waals surface area contributed by atoms with Crippen LogP contribution in [0.2, 0.25) is 0 Å². The molecule has 6 heteroatoms. The Labute approximate surface area is 227 Å². The second kappa shape index (κ2) is 11.7. The number of hydrogen-bond donors (Lipinski definition) is 1. The second-order valence-corrected chi connectivity index (χ2v) is 9.19. The fraction of sp³-hybridized carbons (Fsp3) is 0.152. The minimum absolute atomic E-state index is 0.0440. The van der Waals surface area contributed by atoms with Crippen LogP contribution in [0.5, 0.6) is 11.5 Å². The Balaban J connectivity index is 1.58. The standard InChI is InChI=1S/C33H29NO5/c1-2-38-28-20-26(18-19-27(28)39-22-24-14-8-4-9-15-24)30-29(31(35)25-16-10-5-11-17-25)32(36)33(37)34(30)21-23-12-6-3-7-13-23/h3-20,30,35H,2,21-22H2,1H3. The Kier molecular flexibility index (Phi) is 7.73. The number of carbonyl (C=O) groups is 2. The van der Waals surface area contributed by atoms with Crippen molar-refractivity contribution >= 4 is 17.4 Å². The topological polar surface area (TPSA) is 76.1 Å². The van der Waals surface area contributed by atoms with Gasteiger partial charge in [0.15, 0.2) is 11.5 Å².